The molecule has 0 bridgehead atoms. The monoisotopic (exact) mass is 355 g/mol. The van der Waals surface area contributed by atoms with Crippen LogP contribution in [-0.2, 0) is 9.84 Å². The zero-order chi connectivity index (χ0) is 16.6. The third kappa shape index (κ3) is 3.26. The van der Waals surface area contributed by atoms with E-state index in [9.17, 15) is 17.6 Å². The lowest BCUT2D eigenvalue weighted by atomic mass is 10.2. The Hall–Kier alpha value is -1.47. The molecule has 0 aliphatic carbocycles. The molecule has 0 radical (unpaired) electrons. The minimum atomic E-state index is -3.06. The zero-order valence-electron chi connectivity index (χ0n) is 12.8. The van der Waals surface area contributed by atoms with Gasteiger partial charge in [0.2, 0.25) is 0 Å². The predicted octanol–water partition coefficient (Wildman–Crippen LogP) is 3.08. The van der Waals surface area contributed by atoms with E-state index in [4.69, 9.17) is 0 Å². The molecular weight excluding hydrogens is 337 g/mol. The van der Waals surface area contributed by atoms with Crippen molar-refractivity contribution in [1.82, 2.24) is 4.90 Å². The molecule has 1 amide bonds. The number of benzene rings is 1. The first kappa shape index (κ1) is 16.4. The minimum absolute atomic E-state index is 0.0258. The number of hydrogen-bond donors (Lipinski definition) is 0. The van der Waals surface area contributed by atoms with Gasteiger partial charge in [-0.05, 0) is 31.0 Å². The number of nitrogens with zero attached hydrogens (tertiary/aromatic N) is 1. The van der Waals surface area contributed by atoms with E-state index < -0.39 is 9.84 Å². The van der Waals surface area contributed by atoms with Crippen LogP contribution in [0.15, 0.2) is 24.3 Å². The number of thiophene rings is 1. The summed E-state index contributed by atoms with van der Waals surface area (Å²) in [5.41, 5.74) is 0. The highest BCUT2D eigenvalue weighted by Gasteiger charge is 2.35. The predicted molar refractivity (Wildman–Crippen MR) is 90.2 cm³/mol. The van der Waals surface area contributed by atoms with Crippen molar-refractivity contribution in [3.05, 3.63) is 35.0 Å². The van der Waals surface area contributed by atoms with E-state index in [1.165, 1.54) is 17.4 Å². The van der Waals surface area contributed by atoms with Crippen LogP contribution in [0, 0.1) is 5.82 Å². The van der Waals surface area contributed by atoms with Crippen LogP contribution in [-0.4, -0.2) is 43.3 Å². The molecule has 1 aliphatic rings. The summed E-state index contributed by atoms with van der Waals surface area (Å²) in [6, 6.07) is 6.07. The standard InChI is InChI=1S/C16H18FNO3S2/c1-2-7-18(11-6-8-23(20,21)10-11)16(19)15-9-12-13(17)4-3-5-14(12)22-15/h3-5,9,11H,2,6-8,10H2,1H3. The Balaban J connectivity index is 1.92. The quantitative estimate of drug-likeness (QED) is 0.847. The number of fused-ring (bicyclic) bond motifs is 1. The topological polar surface area (TPSA) is 54.5 Å². The number of amides is 1. The largest absolute Gasteiger partial charge is 0.334 e. The van der Waals surface area contributed by atoms with E-state index >= 15 is 0 Å². The lowest BCUT2D eigenvalue weighted by molar-refractivity contribution is 0.0702. The molecule has 2 heterocycles. The van der Waals surface area contributed by atoms with Gasteiger partial charge in [0.25, 0.3) is 5.91 Å². The van der Waals surface area contributed by atoms with Gasteiger partial charge in [0, 0.05) is 22.7 Å². The van der Waals surface area contributed by atoms with Crippen molar-refractivity contribution in [3.63, 3.8) is 0 Å². The molecule has 3 rings (SSSR count). The Labute approximate surface area is 138 Å². The van der Waals surface area contributed by atoms with Crippen molar-refractivity contribution < 1.29 is 17.6 Å². The molecular formula is C16H18FNO3S2. The molecule has 7 heteroatoms. The number of carbonyl (C=O) groups excluding carboxylic acids is 1. The van der Waals surface area contributed by atoms with E-state index in [-0.39, 0.29) is 29.3 Å². The van der Waals surface area contributed by atoms with Crippen molar-refractivity contribution in [2.75, 3.05) is 18.1 Å². The summed E-state index contributed by atoms with van der Waals surface area (Å²) in [6.07, 6.45) is 1.23. The summed E-state index contributed by atoms with van der Waals surface area (Å²) >= 11 is 1.25. The molecule has 0 spiro atoms. The molecule has 1 aliphatic heterocycles. The third-order valence-electron chi connectivity index (χ3n) is 4.09. The number of hydrogen-bond acceptors (Lipinski definition) is 4. The summed E-state index contributed by atoms with van der Waals surface area (Å²) in [4.78, 5) is 14.9. The van der Waals surface area contributed by atoms with Gasteiger partial charge >= 0.3 is 0 Å². The van der Waals surface area contributed by atoms with Gasteiger partial charge in [-0.25, -0.2) is 12.8 Å². The Kier molecular flexibility index (Phi) is 4.42. The van der Waals surface area contributed by atoms with Crippen molar-refractivity contribution >= 4 is 37.2 Å². The van der Waals surface area contributed by atoms with Crippen LogP contribution in [0.1, 0.15) is 29.4 Å². The molecule has 1 unspecified atom stereocenters. The Bertz CT molecular complexity index is 844. The molecule has 0 saturated carbocycles. The maximum Gasteiger partial charge on any atom is 0.264 e. The highest BCUT2D eigenvalue weighted by molar-refractivity contribution is 7.91. The van der Waals surface area contributed by atoms with E-state index in [1.807, 2.05) is 6.92 Å². The van der Waals surface area contributed by atoms with Crippen LogP contribution in [0.3, 0.4) is 0 Å². The van der Waals surface area contributed by atoms with Crippen LogP contribution in [0.2, 0.25) is 0 Å². The molecule has 23 heavy (non-hydrogen) atoms. The zero-order valence-corrected chi connectivity index (χ0v) is 14.4. The number of sulfone groups is 1. The first-order valence-corrected chi connectivity index (χ1v) is 10.2. The highest BCUT2D eigenvalue weighted by Crippen LogP contribution is 2.30. The van der Waals surface area contributed by atoms with Gasteiger partial charge in [-0.1, -0.05) is 13.0 Å². The van der Waals surface area contributed by atoms with Crippen molar-refractivity contribution in [2.24, 2.45) is 0 Å². The number of rotatable bonds is 4. The van der Waals surface area contributed by atoms with Crippen LogP contribution in [0.5, 0.6) is 0 Å². The summed E-state index contributed by atoms with van der Waals surface area (Å²) in [5, 5.41) is 0.441. The van der Waals surface area contributed by atoms with Crippen LogP contribution >= 0.6 is 11.3 Å². The maximum atomic E-state index is 13.8. The lowest BCUT2D eigenvalue weighted by Crippen LogP contribution is -2.41. The Morgan fingerprint density at radius 1 is 1.43 bits per heavy atom. The number of carbonyl (C=O) groups is 1. The summed E-state index contributed by atoms with van der Waals surface area (Å²) in [5.74, 6) is -0.387. The SMILES string of the molecule is CCCN(C(=O)c1cc2c(F)cccc2s1)C1CCS(=O)(=O)C1. The Morgan fingerprint density at radius 2 is 2.22 bits per heavy atom. The summed E-state index contributed by atoms with van der Waals surface area (Å²) in [7, 11) is -3.06. The van der Waals surface area contributed by atoms with E-state index in [0.29, 0.717) is 23.2 Å². The molecule has 1 aromatic heterocycles. The molecule has 4 nitrogen and oxygen atoms in total. The van der Waals surface area contributed by atoms with Crippen LogP contribution in [0.4, 0.5) is 4.39 Å². The third-order valence-corrected chi connectivity index (χ3v) is 6.93. The van der Waals surface area contributed by atoms with E-state index in [1.54, 1.807) is 23.1 Å². The normalized spacial score (nSPS) is 20.0. The molecule has 1 atom stereocenters. The van der Waals surface area contributed by atoms with Gasteiger partial charge in [-0.3, -0.25) is 4.79 Å². The number of halogens is 1. The molecule has 124 valence electrons. The average molecular weight is 355 g/mol. The second-order valence-electron chi connectivity index (χ2n) is 5.82. The van der Waals surface area contributed by atoms with Crippen molar-refractivity contribution in [2.45, 2.75) is 25.8 Å². The van der Waals surface area contributed by atoms with Crippen LogP contribution < -0.4 is 0 Å². The van der Waals surface area contributed by atoms with Crippen molar-refractivity contribution in [1.29, 1.82) is 0 Å². The second-order valence-corrected chi connectivity index (χ2v) is 9.13. The van der Waals surface area contributed by atoms with Crippen molar-refractivity contribution in [3.8, 4) is 0 Å². The van der Waals surface area contributed by atoms with Crippen LogP contribution in [0.25, 0.3) is 10.1 Å². The fourth-order valence-corrected chi connectivity index (χ4v) is 5.75. The Morgan fingerprint density at radius 3 is 2.83 bits per heavy atom. The smallest absolute Gasteiger partial charge is 0.264 e. The van der Waals surface area contributed by atoms with E-state index in [0.717, 1.165) is 11.1 Å². The molecule has 1 saturated heterocycles. The van der Waals surface area contributed by atoms with Gasteiger partial charge in [-0.15, -0.1) is 11.3 Å². The van der Waals surface area contributed by atoms with Gasteiger partial charge < -0.3 is 4.90 Å². The average Bonchev–Trinajstić information content (AvgIpc) is 3.08. The van der Waals surface area contributed by atoms with E-state index in [2.05, 4.69) is 0 Å². The summed E-state index contributed by atoms with van der Waals surface area (Å²) in [6.45, 7) is 2.46. The lowest BCUT2D eigenvalue weighted by Gasteiger charge is -2.27. The fourth-order valence-electron chi connectivity index (χ4n) is 2.98. The van der Waals surface area contributed by atoms with Gasteiger partial charge in [-0.2, -0.15) is 0 Å². The summed E-state index contributed by atoms with van der Waals surface area (Å²) < 4.78 is 38.0. The molecule has 2 aromatic rings. The van der Waals surface area contributed by atoms with Gasteiger partial charge in [0.05, 0.1) is 16.4 Å². The van der Waals surface area contributed by atoms with Gasteiger partial charge in [0.1, 0.15) is 5.82 Å². The fraction of sp³-hybridized carbons (Fsp3) is 0.438. The molecule has 1 fully saturated rings. The first-order chi connectivity index (χ1) is 10.9. The second kappa shape index (κ2) is 6.20. The van der Waals surface area contributed by atoms with Gasteiger partial charge in [0.15, 0.2) is 9.84 Å². The highest BCUT2D eigenvalue weighted by atomic mass is 32.2. The molecule has 1 aromatic carbocycles. The minimum Gasteiger partial charge on any atom is -0.334 e. The molecule has 0 N–H and O–H groups in total. The maximum absolute atomic E-state index is 13.8. The first-order valence-electron chi connectivity index (χ1n) is 7.61.